The van der Waals surface area contributed by atoms with Crippen molar-refractivity contribution in [2.24, 2.45) is 0 Å². The van der Waals surface area contributed by atoms with E-state index in [2.05, 4.69) is 35.4 Å². The molecular formula is C18H17ClN2. The minimum absolute atomic E-state index is 0.260. The molecule has 106 valence electrons. The summed E-state index contributed by atoms with van der Waals surface area (Å²) in [5.41, 5.74) is 3.31. The molecule has 0 saturated heterocycles. The van der Waals surface area contributed by atoms with E-state index in [0.717, 1.165) is 22.8 Å². The quantitative estimate of drug-likeness (QED) is 0.752. The van der Waals surface area contributed by atoms with E-state index in [0.29, 0.717) is 0 Å². The molecule has 0 saturated carbocycles. The SMILES string of the molecule is C[C@@H](NCc1ccc2ccccc2n1)c1ccc(Cl)cc1. The Labute approximate surface area is 129 Å². The van der Waals surface area contributed by atoms with Crippen molar-refractivity contribution >= 4 is 22.5 Å². The molecule has 1 aromatic heterocycles. The van der Waals surface area contributed by atoms with Crippen molar-refractivity contribution in [3.63, 3.8) is 0 Å². The zero-order valence-electron chi connectivity index (χ0n) is 11.9. The van der Waals surface area contributed by atoms with Gasteiger partial charge in [0.2, 0.25) is 0 Å². The maximum atomic E-state index is 5.91. The van der Waals surface area contributed by atoms with Crippen LogP contribution in [0.3, 0.4) is 0 Å². The van der Waals surface area contributed by atoms with Crippen LogP contribution in [0, 0.1) is 0 Å². The topological polar surface area (TPSA) is 24.9 Å². The van der Waals surface area contributed by atoms with Crippen molar-refractivity contribution in [3.05, 3.63) is 76.9 Å². The monoisotopic (exact) mass is 296 g/mol. The van der Waals surface area contributed by atoms with Gasteiger partial charge in [0.15, 0.2) is 0 Å². The van der Waals surface area contributed by atoms with Gasteiger partial charge in [0.25, 0.3) is 0 Å². The van der Waals surface area contributed by atoms with E-state index in [4.69, 9.17) is 11.6 Å². The molecule has 2 aromatic carbocycles. The van der Waals surface area contributed by atoms with Crippen LogP contribution in [-0.2, 0) is 6.54 Å². The van der Waals surface area contributed by atoms with Crippen LogP contribution in [0.15, 0.2) is 60.7 Å². The number of nitrogens with zero attached hydrogens (tertiary/aromatic N) is 1. The smallest absolute Gasteiger partial charge is 0.0705 e. The summed E-state index contributed by atoms with van der Waals surface area (Å²) in [7, 11) is 0. The lowest BCUT2D eigenvalue weighted by molar-refractivity contribution is 0.568. The number of nitrogens with one attached hydrogen (secondary N) is 1. The number of aromatic nitrogens is 1. The third-order valence-corrected chi connectivity index (χ3v) is 3.87. The van der Waals surface area contributed by atoms with Gasteiger partial charge in [-0.3, -0.25) is 4.98 Å². The number of pyridine rings is 1. The summed E-state index contributed by atoms with van der Waals surface area (Å²) in [6, 6.07) is 20.6. The lowest BCUT2D eigenvalue weighted by atomic mass is 10.1. The van der Waals surface area contributed by atoms with E-state index < -0.39 is 0 Å². The maximum Gasteiger partial charge on any atom is 0.0705 e. The first-order chi connectivity index (χ1) is 10.2. The summed E-state index contributed by atoms with van der Waals surface area (Å²) in [5.74, 6) is 0. The molecule has 3 aromatic rings. The molecule has 0 radical (unpaired) electrons. The molecule has 0 aliphatic carbocycles. The van der Waals surface area contributed by atoms with Crippen LogP contribution in [0.25, 0.3) is 10.9 Å². The van der Waals surface area contributed by atoms with Crippen LogP contribution in [0.2, 0.25) is 5.02 Å². The first-order valence-electron chi connectivity index (χ1n) is 7.06. The molecule has 21 heavy (non-hydrogen) atoms. The van der Waals surface area contributed by atoms with Crippen molar-refractivity contribution < 1.29 is 0 Å². The number of fused-ring (bicyclic) bond motifs is 1. The molecule has 0 unspecified atom stereocenters. The molecule has 0 bridgehead atoms. The second-order valence-electron chi connectivity index (χ2n) is 5.15. The van der Waals surface area contributed by atoms with Gasteiger partial charge >= 0.3 is 0 Å². The molecule has 1 atom stereocenters. The molecule has 0 spiro atoms. The third-order valence-electron chi connectivity index (χ3n) is 3.62. The van der Waals surface area contributed by atoms with Gasteiger partial charge in [0.1, 0.15) is 0 Å². The van der Waals surface area contributed by atoms with Crippen LogP contribution >= 0.6 is 11.6 Å². The number of hydrogen-bond donors (Lipinski definition) is 1. The van der Waals surface area contributed by atoms with Crippen molar-refractivity contribution in [2.75, 3.05) is 0 Å². The highest BCUT2D eigenvalue weighted by molar-refractivity contribution is 6.30. The van der Waals surface area contributed by atoms with Crippen LogP contribution in [-0.4, -0.2) is 4.98 Å². The van der Waals surface area contributed by atoms with E-state index in [1.54, 1.807) is 0 Å². The van der Waals surface area contributed by atoms with Crippen LogP contribution < -0.4 is 5.32 Å². The Morgan fingerprint density at radius 1 is 1.00 bits per heavy atom. The van der Waals surface area contributed by atoms with Gasteiger partial charge in [-0.05, 0) is 36.8 Å². The molecule has 0 amide bonds. The summed E-state index contributed by atoms with van der Waals surface area (Å²) in [6.07, 6.45) is 0. The predicted molar refractivity (Wildman–Crippen MR) is 88.4 cm³/mol. The van der Waals surface area contributed by atoms with Gasteiger partial charge in [-0.15, -0.1) is 0 Å². The second-order valence-corrected chi connectivity index (χ2v) is 5.59. The van der Waals surface area contributed by atoms with Gasteiger partial charge in [0, 0.05) is 23.0 Å². The Bertz CT molecular complexity index is 738. The van der Waals surface area contributed by atoms with Gasteiger partial charge in [-0.25, -0.2) is 0 Å². The van der Waals surface area contributed by atoms with E-state index in [9.17, 15) is 0 Å². The van der Waals surface area contributed by atoms with Crippen molar-refractivity contribution in [2.45, 2.75) is 19.5 Å². The Hall–Kier alpha value is -1.90. The van der Waals surface area contributed by atoms with Crippen LogP contribution in [0.1, 0.15) is 24.2 Å². The summed E-state index contributed by atoms with van der Waals surface area (Å²) < 4.78 is 0. The Morgan fingerprint density at radius 2 is 1.76 bits per heavy atom. The highest BCUT2D eigenvalue weighted by Gasteiger charge is 2.05. The lowest BCUT2D eigenvalue weighted by Crippen LogP contribution is -2.18. The lowest BCUT2D eigenvalue weighted by Gasteiger charge is -2.14. The summed E-state index contributed by atoms with van der Waals surface area (Å²) in [6.45, 7) is 2.89. The van der Waals surface area contributed by atoms with E-state index in [1.807, 2.05) is 42.5 Å². The number of halogens is 1. The fraction of sp³-hybridized carbons (Fsp3) is 0.167. The summed E-state index contributed by atoms with van der Waals surface area (Å²) in [5, 5.41) is 5.43. The standard InChI is InChI=1S/C18H17ClN2/c1-13(14-6-9-16(19)10-7-14)20-12-17-11-8-15-4-2-3-5-18(15)21-17/h2-11,13,20H,12H2,1H3/t13-/m1/s1. The van der Waals surface area contributed by atoms with Crippen molar-refractivity contribution in [1.29, 1.82) is 0 Å². The second kappa shape index (κ2) is 6.25. The first-order valence-corrected chi connectivity index (χ1v) is 7.44. The molecule has 3 rings (SSSR count). The van der Waals surface area contributed by atoms with Gasteiger partial charge in [-0.2, -0.15) is 0 Å². The van der Waals surface area contributed by atoms with E-state index >= 15 is 0 Å². The molecule has 2 nitrogen and oxygen atoms in total. The molecular weight excluding hydrogens is 280 g/mol. The Kier molecular flexibility index (Phi) is 4.18. The summed E-state index contributed by atoms with van der Waals surface area (Å²) in [4.78, 5) is 4.67. The fourth-order valence-corrected chi connectivity index (χ4v) is 2.46. The highest BCUT2D eigenvalue weighted by atomic mass is 35.5. The average molecular weight is 297 g/mol. The number of hydrogen-bond acceptors (Lipinski definition) is 2. The van der Waals surface area contributed by atoms with Crippen molar-refractivity contribution in [3.8, 4) is 0 Å². The maximum absolute atomic E-state index is 5.91. The summed E-state index contributed by atoms with van der Waals surface area (Å²) >= 11 is 5.91. The Balaban J connectivity index is 1.69. The normalized spacial score (nSPS) is 12.5. The zero-order valence-corrected chi connectivity index (χ0v) is 12.6. The van der Waals surface area contributed by atoms with Gasteiger partial charge < -0.3 is 5.32 Å². The van der Waals surface area contributed by atoms with Crippen LogP contribution in [0.4, 0.5) is 0 Å². The van der Waals surface area contributed by atoms with Crippen molar-refractivity contribution in [1.82, 2.24) is 10.3 Å². The van der Waals surface area contributed by atoms with Crippen LogP contribution in [0.5, 0.6) is 0 Å². The number of rotatable bonds is 4. The molecule has 0 aliphatic heterocycles. The predicted octanol–water partition coefficient (Wildman–Crippen LogP) is 4.74. The number of benzene rings is 2. The molecule has 0 fully saturated rings. The number of para-hydroxylation sites is 1. The molecule has 3 heteroatoms. The van der Waals surface area contributed by atoms with Gasteiger partial charge in [0.05, 0.1) is 11.2 Å². The third kappa shape index (κ3) is 3.41. The molecule has 0 aliphatic rings. The first kappa shape index (κ1) is 14.1. The highest BCUT2D eigenvalue weighted by Crippen LogP contribution is 2.17. The fourth-order valence-electron chi connectivity index (χ4n) is 2.33. The molecule has 1 heterocycles. The zero-order chi connectivity index (χ0) is 14.7. The minimum atomic E-state index is 0.260. The van der Waals surface area contributed by atoms with E-state index in [1.165, 1.54) is 10.9 Å². The van der Waals surface area contributed by atoms with Gasteiger partial charge in [-0.1, -0.05) is 48.0 Å². The molecule has 1 N–H and O–H groups in total. The minimum Gasteiger partial charge on any atom is -0.305 e. The average Bonchev–Trinajstić information content (AvgIpc) is 2.53. The van der Waals surface area contributed by atoms with E-state index in [-0.39, 0.29) is 6.04 Å². The largest absolute Gasteiger partial charge is 0.305 e. The Morgan fingerprint density at radius 3 is 2.57 bits per heavy atom.